The molecule has 142 valence electrons. The van der Waals surface area contributed by atoms with Gasteiger partial charge in [0.15, 0.2) is 22.6 Å². The van der Waals surface area contributed by atoms with Gasteiger partial charge in [0.2, 0.25) is 0 Å². The van der Waals surface area contributed by atoms with Gasteiger partial charge in [-0.2, -0.15) is 0 Å². The monoisotopic (exact) mass is 396 g/mol. The summed E-state index contributed by atoms with van der Waals surface area (Å²) in [4.78, 5) is 29.2. The Bertz CT molecular complexity index is 1310. The molecule has 0 bridgehead atoms. The zero-order valence-electron chi connectivity index (χ0n) is 15.1. The minimum atomic E-state index is -1.09. The van der Waals surface area contributed by atoms with E-state index < -0.39 is 12.1 Å². The maximum Gasteiger partial charge on any atom is 0.344 e. The molecule has 0 amide bonds. The number of benzene rings is 2. The smallest absolute Gasteiger partial charge is 0.344 e. The molecule has 1 N–H and O–H groups in total. The maximum absolute atomic E-state index is 12.9. The Morgan fingerprint density at radius 3 is 2.79 bits per heavy atom. The largest absolute Gasteiger partial charge is 0.493 e. The number of imidazole rings is 1. The highest BCUT2D eigenvalue weighted by Crippen LogP contribution is 2.32. The van der Waals surface area contributed by atoms with Gasteiger partial charge >= 0.3 is 5.97 Å². The summed E-state index contributed by atoms with van der Waals surface area (Å²) in [5.74, 6) is -0.432. The molecule has 28 heavy (non-hydrogen) atoms. The Morgan fingerprint density at radius 1 is 1.25 bits per heavy atom. The lowest BCUT2D eigenvalue weighted by Crippen LogP contribution is -2.24. The van der Waals surface area contributed by atoms with Crippen molar-refractivity contribution in [1.29, 1.82) is 0 Å². The number of hydrogen-bond donors (Lipinski definition) is 1. The van der Waals surface area contributed by atoms with Crippen molar-refractivity contribution in [3.05, 3.63) is 62.9 Å². The number of aliphatic carboxylic acids is 1. The maximum atomic E-state index is 12.9. The fourth-order valence-corrected chi connectivity index (χ4v) is 3.89. The van der Waals surface area contributed by atoms with Crippen LogP contribution in [-0.2, 0) is 4.79 Å². The highest BCUT2D eigenvalue weighted by molar-refractivity contribution is 7.15. The summed E-state index contributed by atoms with van der Waals surface area (Å²) in [6.45, 7) is 1.43. The number of hydrogen-bond acceptors (Lipinski definition) is 6. The molecule has 0 aliphatic heterocycles. The van der Waals surface area contributed by atoms with Crippen LogP contribution in [0.5, 0.6) is 11.5 Å². The van der Waals surface area contributed by atoms with Crippen LogP contribution < -0.4 is 19.6 Å². The molecule has 7 nitrogen and oxygen atoms in total. The van der Waals surface area contributed by atoms with Gasteiger partial charge in [0, 0.05) is 5.56 Å². The van der Waals surface area contributed by atoms with E-state index in [9.17, 15) is 9.59 Å². The first-order valence-corrected chi connectivity index (χ1v) is 9.29. The van der Waals surface area contributed by atoms with Gasteiger partial charge in [-0.3, -0.25) is 4.79 Å². The van der Waals surface area contributed by atoms with Crippen molar-refractivity contribution >= 4 is 39.4 Å². The molecular formula is C20H16N2O5S. The SMILES string of the molecule is COc1cccc(/C=c2/sc3nc4ccccc4n3c2=O)c1O[C@@H](C)C(=O)O. The third kappa shape index (κ3) is 2.97. The summed E-state index contributed by atoms with van der Waals surface area (Å²) in [5, 5.41) is 9.16. The Labute approximate surface area is 163 Å². The second-order valence-electron chi connectivity index (χ2n) is 6.11. The zero-order valence-corrected chi connectivity index (χ0v) is 15.9. The molecule has 2 heterocycles. The van der Waals surface area contributed by atoms with E-state index in [4.69, 9.17) is 14.6 Å². The van der Waals surface area contributed by atoms with Crippen molar-refractivity contribution in [2.45, 2.75) is 13.0 Å². The van der Waals surface area contributed by atoms with Crippen LogP contribution in [0.1, 0.15) is 12.5 Å². The highest BCUT2D eigenvalue weighted by atomic mass is 32.1. The molecule has 2 aromatic heterocycles. The molecule has 0 saturated heterocycles. The molecule has 1 atom stereocenters. The van der Waals surface area contributed by atoms with Crippen molar-refractivity contribution in [3.63, 3.8) is 0 Å². The molecule has 0 saturated carbocycles. The number of fused-ring (bicyclic) bond motifs is 3. The van der Waals surface area contributed by atoms with Crippen LogP contribution in [0.3, 0.4) is 0 Å². The lowest BCUT2D eigenvalue weighted by molar-refractivity contribution is -0.144. The summed E-state index contributed by atoms with van der Waals surface area (Å²) in [7, 11) is 1.47. The van der Waals surface area contributed by atoms with E-state index in [0.717, 1.165) is 11.0 Å². The third-order valence-electron chi connectivity index (χ3n) is 4.30. The van der Waals surface area contributed by atoms with E-state index in [1.165, 1.54) is 25.4 Å². The fraction of sp³-hybridized carbons (Fsp3) is 0.150. The number of carbonyl (C=O) groups is 1. The molecule has 4 rings (SSSR count). The number of methoxy groups -OCH3 is 1. The van der Waals surface area contributed by atoms with E-state index in [0.29, 0.717) is 20.8 Å². The van der Waals surface area contributed by atoms with Gasteiger partial charge in [-0.15, -0.1) is 0 Å². The van der Waals surface area contributed by atoms with Crippen LogP contribution in [0.25, 0.3) is 22.1 Å². The Morgan fingerprint density at radius 2 is 2.04 bits per heavy atom. The lowest BCUT2D eigenvalue weighted by Gasteiger charge is -2.15. The molecule has 0 spiro atoms. The molecular weight excluding hydrogens is 380 g/mol. The van der Waals surface area contributed by atoms with E-state index in [-0.39, 0.29) is 11.3 Å². The topological polar surface area (TPSA) is 90.1 Å². The number of ether oxygens (including phenoxy) is 2. The van der Waals surface area contributed by atoms with Crippen molar-refractivity contribution in [2.24, 2.45) is 0 Å². The Balaban J connectivity index is 1.90. The summed E-state index contributed by atoms with van der Waals surface area (Å²) in [6, 6.07) is 12.6. The number of thiazole rings is 1. The Kier molecular flexibility index (Phi) is 4.48. The summed E-state index contributed by atoms with van der Waals surface area (Å²) < 4.78 is 12.9. The molecule has 0 unspecified atom stereocenters. The lowest BCUT2D eigenvalue weighted by atomic mass is 10.1. The van der Waals surface area contributed by atoms with Gasteiger partial charge < -0.3 is 14.6 Å². The van der Waals surface area contributed by atoms with Gasteiger partial charge in [-0.1, -0.05) is 35.6 Å². The minimum Gasteiger partial charge on any atom is -0.493 e. The van der Waals surface area contributed by atoms with Crippen molar-refractivity contribution in [3.8, 4) is 11.5 Å². The first-order valence-electron chi connectivity index (χ1n) is 8.48. The number of para-hydroxylation sites is 3. The van der Waals surface area contributed by atoms with Gasteiger partial charge in [0.25, 0.3) is 5.56 Å². The normalized spacial score (nSPS) is 13.1. The van der Waals surface area contributed by atoms with Crippen LogP contribution in [-0.4, -0.2) is 33.7 Å². The quantitative estimate of drug-likeness (QED) is 0.557. The van der Waals surface area contributed by atoms with Gasteiger partial charge in [-0.25, -0.2) is 14.2 Å². The number of aromatic nitrogens is 2. The highest BCUT2D eigenvalue weighted by Gasteiger charge is 2.18. The predicted octanol–water partition coefficient (Wildman–Crippen LogP) is 2.32. The van der Waals surface area contributed by atoms with E-state index in [1.807, 2.05) is 24.3 Å². The molecule has 0 fully saturated rings. The zero-order chi connectivity index (χ0) is 19.8. The van der Waals surface area contributed by atoms with E-state index in [1.54, 1.807) is 28.7 Å². The summed E-state index contributed by atoms with van der Waals surface area (Å²) in [5.41, 5.74) is 1.88. The van der Waals surface area contributed by atoms with Crippen LogP contribution in [0.4, 0.5) is 0 Å². The molecule has 0 aliphatic rings. The first kappa shape index (κ1) is 18.0. The average molecular weight is 396 g/mol. The van der Waals surface area contributed by atoms with Crippen LogP contribution in [0.2, 0.25) is 0 Å². The second kappa shape index (κ2) is 6.97. The molecule has 0 aliphatic carbocycles. The standard InChI is InChI=1S/C20H16N2O5S/c1-11(19(24)25)27-17-12(6-5-9-15(17)26-2)10-16-18(23)22-14-8-4-3-7-13(14)21-20(22)28-16/h3-11H,1-2H3,(H,24,25)/b16-10+/t11-/m0/s1. The summed E-state index contributed by atoms with van der Waals surface area (Å²) >= 11 is 1.26. The van der Waals surface area contributed by atoms with Crippen molar-refractivity contribution in [1.82, 2.24) is 9.38 Å². The molecule has 8 heteroatoms. The van der Waals surface area contributed by atoms with Crippen LogP contribution in [0.15, 0.2) is 47.3 Å². The second-order valence-corrected chi connectivity index (χ2v) is 7.12. The summed E-state index contributed by atoms with van der Waals surface area (Å²) in [6.07, 6.45) is 0.600. The van der Waals surface area contributed by atoms with Crippen molar-refractivity contribution < 1.29 is 19.4 Å². The van der Waals surface area contributed by atoms with E-state index in [2.05, 4.69) is 4.98 Å². The fourth-order valence-electron chi connectivity index (χ4n) is 2.91. The number of nitrogens with zero attached hydrogens (tertiary/aromatic N) is 2. The number of carboxylic acids is 1. The molecule has 2 aromatic carbocycles. The third-order valence-corrected chi connectivity index (χ3v) is 5.27. The average Bonchev–Trinajstić information content (AvgIpc) is 3.19. The minimum absolute atomic E-state index is 0.186. The van der Waals surface area contributed by atoms with Gasteiger partial charge in [-0.05, 0) is 31.2 Å². The van der Waals surface area contributed by atoms with Gasteiger partial charge in [0.05, 0.1) is 22.7 Å². The number of carboxylic acid groups (broad SMARTS) is 1. The number of rotatable bonds is 5. The molecule has 0 radical (unpaired) electrons. The Hall–Kier alpha value is -3.39. The first-order chi connectivity index (χ1) is 13.5. The van der Waals surface area contributed by atoms with Crippen molar-refractivity contribution in [2.75, 3.05) is 7.11 Å². The predicted molar refractivity (Wildman–Crippen MR) is 106 cm³/mol. The van der Waals surface area contributed by atoms with E-state index >= 15 is 0 Å². The van der Waals surface area contributed by atoms with Crippen LogP contribution in [0, 0.1) is 0 Å². The molecule has 4 aromatic rings. The van der Waals surface area contributed by atoms with Crippen LogP contribution >= 0.6 is 11.3 Å². The van der Waals surface area contributed by atoms with Gasteiger partial charge in [0.1, 0.15) is 0 Å².